The van der Waals surface area contributed by atoms with Crippen molar-refractivity contribution in [1.82, 2.24) is 0 Å². The molecule has 8 heteroatoms. The Balaban J connectivity index is 1.54. The predicted octanol–water partition coefficient (Wildman–Crippen LogP) is 3.89. The molecule has 3 aromatic carbocycles. The van der Waals surface area contributed by atoms with Crippen LogP contribution in [-0.4, -0.2) is 33.5 Å². The predicted molar refractivity (Wildman–Crippen MR) is 119 cm³/mol. The first-order valence-corrected chi connectivity index (χ1v) is 11.7. The zero-order valence-electron chi connectivity index (χ0n) is 16.4. The Hall–Kier alpha value is -3.03. The lowest BCUT2D eigenvalue weighted by Gasteiger charge is -2.36. The summed E-state index contributed by atoms with van der Waals surface area (Å²) in [5, 5.41) is 0.383. The van der Waals surface area contributed by atoms with Crippen molar-refractivity contribution in [2.75, 3.05) is 22.3 Å². The lowest BCUT2D eigenvalue weighted by molar-refractivity contribution is -0.125. The van der Waals surface area contributed by atoms with Crippen LogP contribution in [0.5, 0.6) is 5.75 Å². The van der Waals surface area contributed by atoms with Crippen LogP contribution < -0.4 is 13.9 Å². The molecule has 1 amide bonds. The molecule has 1 atom stereocenters. The van der Waals surface area contributed by atoms with Gasteiger partial charge in [-0.15, -0.1) is 0 Å². The Labute approximate surface area is 185 Å². The third kappa shape index (κ3) is 3.43. The SMILES string of the molecule is O=C([C@H]1CN(S(=O)(=O)c2ccccc2)c2cc(Cl)ccc2O1)N1CCc2ccccc21. The zero-order valence-corrected chi connectivity index (χ0v) is 18.0. The number of benzene rings is 3. The summed E-state index contributed by atoms with van der Waals surface area (Å²) in [6.45, 7) is 0.402. The van der Waals surface area contributed by atoms with E-state index in [0.29, 0.717) is 23.0 Å². The molecule has 0 spiro atoms. The van der Waals surface area contributed by atoms with Gasteiger partial charge in [0.05, 0.1) is 17.1 Å². The number of ether oxygens (including phenoxy) is 1. The van der Waals surface area contributed by atoms with E-state index >= 15 is 0 Å². The quantitative estimate of drug-likeness (QED) is 0.602. The highest BCUT2D eigenvalue weighted by atomic mass is 35.5. The van der Waals surface area contributed by atoms with Crippen LogP contribution in [0, 0.1) is 0 Å². The molecule has 0 radical (unpaired) electrons. The van der Waals surface area contributed by atoms with E-state index in [1.54, 1.807) is 41.3 Å². The van der Waals surface area contributed by atoms with Gasteiger partial charge in [0.15, 0.2) is 6.10 Å². The molecule has 0 aliphatic carbocycles. The van der Waals surface area contributed by atoms with Crippen molar-refractivity contribution in [3.05, 3.63) is 83.4 Å². The number of fused-ring (bicyclic) bond motifs is 2. The number of nitrogens with zero attached hydrogens (tertiary/aromatic N) is 2. The first-order chi connectivity index (χ1) is 14.9. The molecule has 0 bridgehead atoms. The molecule has 0 saturated carbocycles. The molecular weight excluding hydrogens is 436 g/mol. The molecule has 158 valence electrons. The average Bonchev–Trinajstić information content (AvgIpc) is 3.22. The van der Waals surface area contributed by atoms with Gasteiger partial charge in [0.2, 0.25) is 0 Å². The van der Waals surface area contributed by atoms with Crippen molar-refractivity contribution >= 4 is 38.9 Å². The summed E-state index contributed by atoms with van der Waals surface area (Å²) in [4.78, 5) is 15.2. The number of rotatable bonds is 3. The van der Waals surface area contributed by atoms with Crippen LogP contribution in [0.1, 0.15) is 5.56 Å². The highest BCUT2D eigenvalue weighted by Gasteiger charge is 2.40. The second kappa shape index (κ2) is 7.59. The molecule has 0 fully saturated rings. The van der Waals surface area contributed by atoms with E-state index in [4.69, 9.17) is 16.3 Å². The first-order valence-electron chi connectivity index (χ1n) is 9.88. The summed E-state index contributed by atoms with van der Waals surface area (Å²) in [6, 6.07) is 20.6. The van der Waals surface area contributed by atoms with E-state index in [9.17, 15) is 13.2 Å². The van der Waals surface area contributed by atoms with Gasteiger partial charge in [-0.25, -0.2) is 8.42 Å². The Kier molecular flexibility index (Phi) is 4.87. The van der Waals surface area contributed by atoms with Gasteiger partial charge >= 0.3 is 0 Å². The number of sulfonamides is 1. The number of para-hydroxylation sites is 1. The van der Waals surface area contributed by atoms with E-state index < -0.39 is 16.1 Å². The van der Waals surface area contributed by atoms with Crippen LogP contribution >= 0.6 is 11.6 Å². The first kappa shape index (κ1) is 19.9. The maximum absolute atomic E-state index is 13.5. The molecule has 0 unspecified atom stereocenters. The highest BCUT2D eigenvalue weighted by Crippen LogP contribution is 2.39. The van der Waals surface area contributed by atoms with E-state index in [1.807, 2.05) is 24.3 Å². The topological polar surface area (TPSA) is 66.9 Å². The number of hydrogen-bond acceptors (Lipinski definition) is 4. The molecule has 2 heterocycles. The summed E-state index contributed by atoms with van der Waals surface area (Å²) in [5.41, 5.74) is 2.25. The number of carbonyl (C=O) groups is 1. The van der Waals surface area contributed by atoms with Gasteiger partial charge in [0, 0.05) is 17.3 Å². The minimum atomic E-state index is -3.92. The number of anilines is 2. The lowest BCUT2D eigenvalue weighted by Crippen LogP contribution is -2.51. The normalized spacial score (nSPS) is 17.6. The molecule has 5 rings (SSSR count). The number of amides is 1. The average molecular weight is 455 g/mol. The Morgan fingerprint density at radius 1 is 0.968 bits per heavy atom. The molecule has 0 N–H and O–H groups in total. The third-order valence-corrected chi connectivity index (χ3v) is 7.58. The van der Waals surface area contributed by atoms with Gasteiger partial charge in [-0.05, 0) is 48.4 Å². The summed E-state index contributed by atoms with van der Waals surface area (Å²) in [7, 11) is -3.92. The van der Waals surface area contributed by atoms with Gasteiger partial charge in [-0.2, -0.15) is 0 Å². The zero-order chi connectivity index (χ0) is 21.6. The summed E-state index contributed by atoms with van der Waals surface area (Å²) >= 11 is 6.14. The van der Waals surface area contributed by atoms with Crippen molar-refractivity contribution in [3.8, 4) is 5.75 Å². The Morgan fingerprint density at radius 3 is 2.52 bits per heavy atom. The van der Waals surface area contributed by atoms with Crippen molar-refractivity contribution < 1.29 is 17.9 Å². The van der Waals surface area contributed by atoms with Gasteiger partial charge in [-0.3, -0.25) is 9.10 Å². The smallest absolute Gasteiger partial charge is 0.269 e. The van der Waals surface area contributed by atoms with Crippen molar-refractivity contribution in [3.63, 3.8) is 0 Å². The third-order valence-electron chi connectivity index (χ3n) is 5.55. The fourth-order valence-corrected chi connectivity index (χ4v) is 5.70. The summed E-state index contributed by atoms with van der Waals surface area (Å²) < 4.78 is 34.1. The molecule has 0 aromatic heterocycles. The van der Waals surface area contributed by atoms with Gasteiger partial charge in [-0.1, -0.05) is 48.0 Å². The molecule has 3 aromatic rings. The van der Waals surface area contributed by atoms with Crippen LogP contribution in [-0.2, 0) is 21.2 Å². The fourth-order valence-electron chi connectivity index (χ4n) is 4.04. The number of hydrogen-bond donors (Lipinski definition) is 0. The maximum atomic E-state index is 13.5. The lowest BCUT2D eigenvalue weighted by atomic mass is 10.1. The van der Waals surface area contributed by atoms with Gasteiger partial charge in [0.1, 0.15) is 5.75 Å². The highest BCUT2D eigenvalue weighted by molar-refractivity contribution is 7.92. The molecule has 0 saturated heterocycles. The summed E-state index contributed by atoms with van der Waals surface area (Å²) in [6.07, 6.45) is -0.217. The maximum Gasteiger partial charge on any atom is 0.269 e. The second-order valence-corrected chi connectivity index (χ2v) is 9.74. The van der Waals surface area contributed by atoms with E-state index in [1.165, 1.54) is 16.4 Å². The van der Waals surface area contributed by atoms with E-state index in [-0.39, 0.29) is 17.3 Å². The van der Waals surface area contributed by atoms with E-state index in [0.717, 1.165) is 17.7 Å². The molecule has 6 nitrogen and oxygen atoms in total. The molecule has 31 heavy (non-hydrogen) atoms. The summed E-state index contributed by atoms with van der Waals surface area (Å²) in [5.74, 6) is 0.0415. The second-order valence-electron chi connectivity index (χ2n) is 7.44. The minimum Gasteiger partial charge on any atom is -0.476 e. The fraction of sp³-hybridized carbons (Fsp3) is 0.174. The Morgan fingerprint density at radius 2 is 1.71 bits per heavy atom. The van der Waals surface area contributed by atoms with Crippen LogP contribution in [0.25, 0.3) is 0 Å². The minimum absolute atomic E-state index is 0.137. The molecular formula is C23H19ClN2O4S. The number of carbonyl (C=O) groups excluding carboxylic acids is 1. The van der Waals surface area contributed by atoms with Crippen LogP contribution in [0.3, 0.4) is 0 Å². The number of halogens is 1. The van der Waals surface area contributed by atoms with Crippen molar-refractivity contribution in [2.24, 2.45) is 0 Å². The van der Waals surface area contributed by atoms with Gasteiger partial charge < -0.3 is 9.64 Å². The van der Waals surface area contributed by atoms with Crippen molar-refractivity contribution in [1.29, 1.82) is 0 Å². The molecule has 2 aliphatic heterocycles. The van der Waals surface area contributed by atoms with Crippen LogP contribution in [0.2, 0.25) is 5.02 Å². The van der Waals surface area contributed by atoms with Crippen LogP contribution in [0.4, 0.5) is 11.4 Å². The molecule has 2 aliphatic rings. The Bertz CT molecular complexity index is 1260. The standard InChI is InChI=1S/C23H19ClN2O4S/c24-17-10-11-21-20(14-17)26(31(28,29)18-7-2-1-3-8-18)15-22(30-21)23(27)25-13-12-16-6-4-5-9-19(16)25/h1-11,14,22H,12-13,15H2/t22-/m1/s1. The van der Waals surface area contributed by atoms with Gasteiger partial charge in [0.25, 0.3) is 15.9 Å². The van der Waals surface area contributed by atoms with E-state index in [2.05, 4.69) is 0 Å². The van der Waals surface area contributed by atoms with Crippen molar-refractivity contribution in [2.45, 2.75) is 17.4 Å². The largest absolute Gasteiger partial charge is 0.476 e. The van der Waals surface area contributed by atoms with Crippen LogP contribution in [0.15, 0.2) is 77.7 Å². The monoisotopic (exact) mass is 454 g/mol.